The van der Waals surface area contributed by atoms with Gasteiger partial charge in [-0.05, 0) is 20.8 Å². The fourth-order valence-electron chi connectivity index (χ4n) is 1.41. The fraction of sp³-hybridized carbons (Fsp3) is 0.364. The van der Waals surface area contributed by atoms with Crippen molar-refractivity contribution in [2.75, 3.05) is 0 Å². The molecule has 0 bridgehead atoms. The lowest BCUT2D eigenvalue weighted by Crippen LogP contribution is -2.40. The highest BCUT2D eigenvalue weighted by Gasteiger charge is 2.27. The van der Waals surface area contributed by atoms with Crippen molar-refractivity contribution in [1.82, 2.24) is 5.32 Å². The summed E-state index contributed by atoms with van der Waals surface area (Å²) in [6.07, 6.45) is 0. The zero-order valence-corrected chi connectivity index (χ0v) is 11.7. The van der Waals surface area contributed by atoms with E-state index >= 15 is 0 Å². The number of benzene rings is 1. The number of rotatable bonds is 3. The van der Waals surface area contributed by atoms with Crippen molar-refractivity contribution in [2.24, 2.45) is 0 Å². The van der Waals surface area contributed by atoms with Gasteiger partial charge in [0.1, 0.15) is 5.02 Å². The van der Waals surface area contributed by atoms with E-state index in [1.165, 1.54) is 0 Å². The summed E-state index contributed by atoms with van der Waals surface area (Å²) in [5.74, 6) is -0.714. The summed E-state index contributed by atoms with van der Waals surface area (Å²) >= 11 is 5.78. The molecule has 8 nitrogen and oxygen atoms in total. The number of hydrogen-bond acceptors (Lipinski definition) is 5. The topological polar surface area (TPSA) is 115 Å². The van der Waals surface area contributed by atoms with Crippen LogP contribution in [0, 0.1) is 20.2 Å². The number of non-ortho nitro benzene ring substituents is 1. The van der Waals surface area contributed by atoms with Gasteiger partial charge in [-0.3, -0.25) is 25.0 Å². The molecule has 0 aliphatic carbocycles. The molecule has 0 unspecified atom stereocenters. The van der Waals surface area contributed by atoms with E-state index in [1.807, 2.05) is 0 Å². The van der Waals surface area contributed by atoms with Crippen molar-refractivity contribution >= 4 is 28.9 Å². The van der Waals surface area contributed by atoms with Crippen LogP contribution >= 0.6 is 11.6 Å². The first-order valence-electron chi connectivity index (χ1n) is 5.48. The van der Waals surface area contributed by atoms with Crippen LogP contribution in [0.25, 0.3) is 0 Å². The third-order valence-corrected chi connectivity index (χ3v) is 2.58. The molecule has 108 valence electrons. The van der Waals surface area contributed by atoms with Crippen LogP contribution in [-0.2, 0) is 0 Å². The summed E-state index contributed by atoms with van der Waals surface area (Å²) in [6, 6.07) is 1.63. The molecule has 1 rings (SSSR count). The Labute approximate surface area is 119 Å². The molecule has 0 aliphatic heterocycles. The Balaban J connectivity index is 3.41. The summed E-state index contributed by atoms with van der Waals surface area (Å²) in [5.41, 5.74) is -2.16. The molecule has 0 aromatic heterocycles. The first kappa shape index (κ1) is 15.8. The number of nitro benzene ring substituents is 2. The molecule has 1 amide bonds. The molecular formula is C11H12ClN3O5. The number of nitro groups is 2. The number of nitrogens with zero attached hydrogens (tertiary/aromatic N) is 2. The molecule has 0 saturated heterocycles. The van der Waals surface area contributed by atoms with Crippen LogP contribution in [0.3, 0.4) is 0 Å². The molecule has 0 fully saturated rings. The van der Waals surface area contributed by atoms with Crippen molar-refractivity contribution in [2.45, 2.75) is 26.3 Å². The third-order valence-electron chi connectivity index (χ3n) is 2.18. The van der Waals surface area contributed by atoms with Gasteiger partial charge in [0.25, 0.3) is 17.3 Å². The second-order valence-electron chi connectivity index (χ2n) is 5.04. The SMILES string of the molecule is CC(C)(C)NC(=O)c1cc([N+](=O)[O-])cc([N+](=O)[O-])c1Cl. The Kier molecular flexibility index (Phi) is 4.29. The quantitative estimate of drug-likeness (QED) is 0.680. The minimum atomic E-state index is -0.872. The average Bonchev–Trinajstić information content (AvgIpc) is 2.25. The molecule has 0 spiro atoms. The van der Waals surface area contributed by atoms with Gasteiger partial charge < -0.3 is 5.32 Å². The van der Waals surface area contributed by atoms with Crippen molar-refractivity contribution in [3.8, 4) is 0 Å². The van der Waals surface area contributed by atoms with Crippen LogP contribution in [0.4, 0.5) is 11.4 Å². The molecule has 0 atom stereocenters. The number of amides is 1. The largest absolute Gasteiger partial charge is 0.347 e. The molecule has 0 heterocycles. The summed E-state index contributed by atoms with van der Waals surface area (Å²) in [7, 11) is 0. The number of hydrogen-bond donors (Lipinski definition) is 1. The molecule has 1 aromatic carbocycles. The van der Waals surface area contributed by atoms with Crippen LogP contribution < -0.4 is 5.32 Å². The van der Waals surface area contributed by atoms with E-state index in [9.17, 15) is 25.0 Å². The van der Waals surface area contributed by atoms with E-state index in [4.69, 9.17) is 11.6 Å². The van der Waals surface area contributed by atoms with Crippen molar-refractivity contribution in [3.05, 3.63) is 42.9 Å². The zero-order valence-electron chi connectivity index (χ0n) is 11.0. The molecule has 20 heavy (non-hydrogen) atoms. The van der Waals surface area contributed by atoms with Crippen molar-refractivity contribution < 1.29 is 14.6 Å². The van der Waals surface area contributed by atoms with Crippen LogP contribution in [0.15, 0.2) is 12.1 Å². The minimum Gasteiger partial charge on any atom is -0.347 e. The highest BCUT2D eigenvalue weighted by molar-refractivity contribution is 6.36. The minimum absolute atomic E-state index is 0.303. The van der Waals surface area contributed by atoms with Crippen LogP contribution in [-0.4, -0.2) is 21.3 Å². The Hall–Kier alpha value is -2.22. The predicted octanol–water partition coefficient (Wildman–Crippen LogP) is 2.68. The van der Waals surface area contributed by atoms with Crippen LogP contribution in [0.1, 0.15) is 31.1 Å². The fourth-order valence-corrected chi connectivity index (χ4v) is 1.67. The summed E-state index contributed by atoms with van der Waals surface area (Å²) in [5, 5.41) is 23.7. The molecular weight excluding hydrogens is 290 g/mol. The van der Waals surface area contributed by atoms with Crippen molar-refractivity contribution in [1.29, 1.82) is 0 Å². The second-order valence-corrected chi connectivity index (χ2v) is 5.42. The predicted molar refractivity (Wildman–Crippen MR) is 72.0 cm³/mol. The lowest BCUT2D eigenvalue weighted by molar-refractivity contribution is -0.394. The summed E-state index contributed by atoms with van der Waals surface area (Å²) in [4.78, 5) is 31.9. The molecule has 0 aliphatic rings. The molecule has 1 N–H and O–H groups in total. The van der Waals surface area contributed by atoms with Crippen LogP contribution in [0.5, 0.6) is 0 Å². The monoisotopic (exact) mass is 301 g/mol. The van der Waals surface area contributed by atoms with Gasteiger partial charge in [0, 0.05) is 11.6 Å². The van der Waals surface area contributed by atoms with Gasteiger partial charge in [0.05, 0.1) is 21.5 Å². The molecule has 0 saturated carbocycles. The van der Waals surface area contributed by atoms with Gasteiger partial charge in [-0.2, -0.15) is 0 Å². The maximum atomic E-state index is 12.0. The Morgan fingerprint density at radius 2 is 1.75 bits per heavy atom. The standard InChI is InChI=1S/C11H12ClN3O5/c1-11(2,3)13-10(16)7-4-6(14(17)18)5-8(9(7)12)15(19)20/h4-5H,1-3H3,(H,13,16). The number of halogens is 1. The van der Waals surface area contributed by atoms with E-state index in [1.54, 1.807) is 20.8 Å². The highest BCUT2D eigenvalue weighted by Crippen LogP contribution is 2.33. The van der Waals surface area contributed by atoms with Crippen LogP contribution in [0.2, 0.25) is 5.02 Å². The average molecular weight is 302 g/mol. The maximum absolute atomic E-state index is 12.0. The van der Waals surface area contributed by atoms with E-state index in [2.05, 4.69) is 5.32 Å². The summed E-state index contributed by atoms with van der Waals surface area (Å²) in [6.45, 7) is 5.10. The van der Waals surface area contributed by atoms with E-state index in [0.29, 0.717) is 0 Å². The number of carbonyl (C=O) groups is 1. The number of carbonyl (C=O) groups excluding carboxylic acids is 1. The zero-order chi connectivity index (χ0) is 15.7. The lowest BCUT2D eigenvalue weighted by Gasteiger charge is -2.20. The van der Waals surface area contributed by atoms with Gasteiger partial charge in [0.15, 0.2) is 0 Å². The normalized spacial score (nSPS) is 11.0. The van der Waals surface area contributed by atoms with E-state index in [-0.39, 0.29) is 5.56 Å². The third kappa shape index (κ3) is 3.64. The maximum Gasteiger partial charge on any atom is 0.295 e. The second kappa shape index (κ2) is 5.41. The van der Waals surface area contributed by atoms with E-state index in [0.717, 1.165) is 12.1 Å². The number of nitrogens with one attached hydrogen (secondary N) is 1. The smallest absolute Gasteiger partial charge is 0.295 e. The summed E-state index contributed by atoms with van der Waals surface area (Å²) < 4.78 is 0. The first-order valence-corrected chi connectivity index (χ1v) is 5.85. The molecule has 9 heteroatoms. The van der Waals surface area contributed by atoms with Gasteiger partial charge in [-0.25, -0.2) is 0 Å². The van der Waals surface area contributed by atoms with Gasteiger partial charge in [0.2, 0.25) is 0 Å². The Bertz CT molecular complexity index is 594. The van der Waals surface area contributed by atoms with Gasteiger partial charge >= 0.3 is 0 Å². The van der Waals surface area contributed by atoms with Gasteiger partial charge in [-0.15, -0.1) is 0 Å². The van der Waals surface area contributed by atoms with E-state index < -0.39 is 37.7 Å². The molecule has 0 radical (unpaired) electrons. The molecule has 1 aromatic rings. The lowest BCUT2D eigenvalue weighted by atomic mass is 10.1. The van der Waals surface area contributed by atoms with Gasteiger partial charge in [-0.1, -0.05) is 11.6 Å². The Morgan fingerprint density at radius 1 is 1.20 bits per heavy atom. The first-order chi connectivity index (χ1) is 9.03. The Morgan fingerprint density at radius 3 is 2.15 bits per heavy atom. The van der Waals surface area contributed by atoms with Crippen molar-refractivity contribution in [3.63, 3.8) is 0 Å². The highest BCUT2D eigenvalue weighted by atomic mass is 35.5.